The van der Waals surface area contributed by atoms with Crippen LogP contribution in [0.4, 0.5) is 10.2 Å². The van der Waals surface area contributed by atoms with Gasteiger partial charge in [-0.15, -0.1) is 0 Å². The van der Waals surface area contributed by atoms with Gasteiger partial charge in [0.1, 0.15) is 17.5 Å². The van der Waals surface area contributed by atoms with Gasteiger partial charge in [0.2, 0.25) is 0 Å². The Hall–Kier alpha value is -3.35. The Morgan fingerprint density at radius 3 is 2.62 bits per heavy atom. The summed E-state index contributed by atoms with van der Waals surface area (Å²) < 4.78 is 13.5. The highest BCUT2D eigenvalue weighted by atomic mass is 19.1. The Morgan fingerprint density at radius 2 is 1.93 bits per heavy atom. The third-order valence-corrected chi connectivity index (χ3v) is 5.21. The van der Waals surface area contributed by atoms with Crippen LogP contribution in [0, 0.1) is 12.7 Å². The molecule has 29 heavy (non-hydrogen) atoms. The number of nitrogens with one attached hydrogen (secondary N) is 1. The standard InChI is InChI=1S/C22H22FN5O/c1-4-28-12-18-17(22(28)29)7-8-24-21(18)27-14(3)20-25-10-16(11-26-20)15-5-6-19(23)13(2)9-15/h5-11,14H,4,12H2,1-3H3,(H,24,27)/t14-/m0/s1. The molecule has 1 N–H and O–H groups in total. The van der Waals surface area contributed by atoms with Gasteiger partial charge in [0.25, 0.3) is 5.91 Å². The number of hydrogen-bond donors (Lipinski definition) is 1. The van der Waals surface area contributed by atoms with Crippen molar-refractivity contribution in [2.75, 3.05) is 11.9 Å². The summed E-state index contributed by atoms with van der Waals surface area (Å²) >= 11 is 0. The van der Waals surface area contributed by atoms with Crippen molar-refractivity contribution in [3.63, 3.8) is 0 Å². The zero-order valence-electron chi connectivity index (χ0n) is 16.6. The van der Waals surface area contributed by atoms with Crippen molar-refractivity contribution >= 4 is 11.7 Å². The van der Waals surface area contributed by atoms with Crippen molar-refractivity contribution in [2.24, 2.45) is 0 Å². The summed E-state index contributed by atoms with van der Waals surface area (Å²) in [5.74, 6) is 1.10. The van der Waals surface area contributed by atoms with Gasteiger partial charge in [0.05, 0.1) is 12.6 Å². The highest BCUT2D eigenvalue weighted by Gasteiger charge is 2.29. The molecule has 2 aromatic heterocycles. The molecule has 1 amide bonds. The van der Waals surface area contributed by atoms with E-state index < -0.39 is 0 Å². The van der Waals surface area contributed by atoms with Crippen LogP contribution in [0.2, 0.25) is 0 Å². The first-order chi connectivity index (χ1) is 14.0. The molecule has 0 saturated carbocycles. The molecule has 0 saturated heterocycles. The predicted molar refractivity (Wildman–Crippen MR) is 109 cm³/mol. The number of carbonyl (C=O) groups excluding carboxylic acids is 1. The van der Waals surface area contributed by atoms with Crippen molar-refractivity contribution < 1.29 is 9.18 Å². The first-order valence-electron chi connectivity index (χ1n) is 9.60. The third kappa shape index (κ3) is 3.55. The van der Waals surface area contributed by atoms with Crippen LogP contribution >= 0.6 is 0 Å². The molecule has 1 aliphatic heterocycles. The van der Waals surface area contributed by atoms with Crippen molar-refractivity contribution in [1.82, 2.24) is 19.9 Å². The minimum atomic E-state index is -0.230. The lowest BCUT2D eigenvalue weighted by Crippen LogP contribution is -2.22. The lowest BCUT2D eigenvalue weighted by molar-refractivity contribution is 0.0787. The van der Waals surface area contributed by atoms with E-state index in [1.807, 2.05) is 13.8 Å². The molecular weight excluding hydrogens is 369 g/mol. The van der Waals surface area contributed by atoms with Crippen LogP contribution in [-0.4, -0.2) is 32.3 Å². The summed E-state index contributed by atoms with van der Waals surface area (Å²) in [6.45, 7) is 6.86. The third-order valence-electron chi connectivity index (χ3n) is 5.21. The molecule has 1 atom stereocenters. The second-order valence-corrected chi connectivity index (χ2v) is 7.16. The minimum absolute atomic E-state index is 0.0378. The van der Waals surface area contributed by atoms with E-state index in [4.69, 9.17) is 0 Å². The van der Waals surface area contributed by atoms with E-state index in [1.54, 1.807) is 48.6 Å². The van der Waals surface area contributed by atoms with Gasteiger partial charge in [-0.1, -0.05) is 6.07 Å². The molecule has 7 heteroatoms. The molecule has 0 spiro atoms. The maximum Gasteiger partial charge on any atom is 0.254 e. The quantitative estimate of drug-likeness (QED) is 0.708. The van der Waals surface area contributed by atoms with Crippen LogP contribution in [-0.2, 0) is 6.54 Å². The van der Waals surface area contributed by atoms with E-state index >= 15 is 0 Å². The summed E-state index contributed by atoms with van der Waals surface area (Å²) in [6, 6.07) is 6.52. The topological polar surface area (TPSA) is 71.0 Å². The number of carbonyl (C=O) groups is 1. The van der Waals surface area contributed by atoms with Gasteiger partial charge in [-0.25, -0.2) is 19.3 Å². The summed E-state index contributed by atoms with van der Waals surface area (Å²) in [5.41, 5.74) is 3.88. The molecule has 0 fully saturated rings. The Kier molecular flexibility index (Phi) is 4.96. The van der Waals surface area contributed by atoms with Crippen LogP contribution < -0.4 is 5.32 Å². The van der Waals surface area contributed by atoms with Gasteiger partial charge < -0.3 is 10.2 Å². The number of halogens is 1. The molecule has 0 radical (unpaired) electrons. The Bertz CT molecular complexity index is 1070. The van der Waals surface area contributed by atoms with E-state index in [2.05, 4.69) is 20.3 Å². The van der Waals surface area contributed by atoms with Crippen LogP contribution in [0.3, 0.4) is 0 Å². The zero-order chi connectivity index (χ0) is 20.5. The first kappa shape index (κ1) is 19.0. The number of hydrogen-bond acceptors (Lipinski definition) is 5. The van der Waals surface area contributed by atoms with Gasteiger partial charge in [0, 0.05) is 41.8 Å². The Labute approximate surface area is 168 Å². The number of nitrogens with zero attached hydrogens (tertiary/aromatic N) is 4. The number of benzene rings is 1. The molecule has 1 aliphatic rings. The summed E-state index contributed by atoms with van der Waals surface area (Å²) in [6.07, 6.45) is 5.11. The predicted octanol–water partition coefficient (Wildman–Crippen LogP) is 4.13. The second kappa shape index (κ2) is 7.58. The Balaban J connectivity index is 1.54. The number of aromatic nitrogens is 3. The van der Waals surface area contributed by atoms with E-state index in [9.17, 15) is 9.18 Å². The number of amides is 1. The average molecular weight is 391 g/mol. The molecule has 6 nitrogen and oxygen atoms in total. The number of aryl methyl sites for hydroxylation is 1. The number of anilines is 1. The summed E-state index contributed by atoms with van der Waals surface area (Å²) in [5, 5.41) is 3.33. The average Bonchev–Trinajstić information content (AvgIpc) is 3.07. The van der Waals surface area contributed by atoms with E-state index in [0.29, 0.717) is 35.9 Å². The van der Waals surface area contributed by atoms with Gasteiger partial charge in [0.15, 0.2) is 0 Å². The van der Waals surface area contributed by atoms with Crippen molar-refractivity contribution in [2.45, 2.75) is 33.4 Å². The normalized spacial score (nSPS) is 14.1. The maximum absolute atomic E-state index is 13.5. The SMILES string of the molecule is CCN1Cc2c(ccnc2N[C@@H](C)c2ncc(-c3ccc(F)c(C)c3)cn2)C1=O. The molecule has 0 aliphatic carbocycles. The fraction of sp³-hybridized carbons (Fsp3) is 0.273. The molecule has 0 unspecified atom stereocenters. The fourth-order valence-corrected chi connectivity index (χ4v) is 3.47. The minimum Gasteiger partial charge on any atom is -0.360 e. The lowest BCUT2D eigenvalue weighted by Gasteiger charge is -2.16. The summed E-state index contributed by atoms with van der Waals surface area (Å²) in [7, 11) is 0. The van der Waals surface area contributed by atoms with Crippen molar-refractivity contribution in [3.05, 3.63) is 71.2 Å². The molecular formula is C22H22FN5O. The number of fused-ring (bicyclic) bond motifs is 1. The fourth-order valence-electron chi connectivity index (χ4n) is 3.47. The van der Waals surface area contributed by atoms with Crippen LogP contribution in [0.25, 0.3) is 11.1 Å². The molecule has 148 valence electrons. The molecule has 4 rings (SSSR count). The van der Waals surface area contributed by atoms with Gasteiger partial charge in [-0.05, 0) is 50.1 Å². The van der Waals surface area contributed by atoms with Gasteiger partial charge in [-0.2, -0.15) is 0 Å². The van der Waals surface area contributed by atoms with E-state index in [-0.39, 0.29) is 17.8 Å². The van der Waals surface area contributed by atoms with Crippen LogP contribution in [0.15, 0.2) is 42.9 Å². The molecule has 3 aromatic rings. The summed E-state index contributed by atoms with van der Waals surface area (Å²) in [4.78, 5) is 27.5. The van der Waals surface area contributed by atoms with Gasteiger partial charge in [-0.3, -0.25) is 4.79 Å². The van der Waals surface area contributed by atoms with Gasteiger partial charge >= 0.3 is 0 Å². The number of rotatable bonds is 5. The second-order valence-electron chi connectivity index (χ2n) is 7.16. The zero-order valence-corrected chi connectivity index (χ0v) is 16.6. The van der Waals surface area contributed by atoms with Crippen LogP contribution in [0.1, 0.15) is 47.2 Å². The Morgan fingerprint density at radius 1 is 1.17 bits per heavy atom. The first-order valence-corrected chi connectivity index (χ1v) is 9.60. The number of pyridine rings is 1. The van der Waals surface area contributed by atoms with Crippen molar-refractivity contribution in [1.29, 1.82) is 0 Å². The van der Waals surface area contributed by atoms with E-state index in [1.165, 1.54) is 6.07 Å². The molecule has 0 bridgehead atoms. The molecule has 3 heterocycles. The van der Waals surface area contributed by atoms with E-state index in [0.717, 1.165) is 16.7 Å². The lowest BCUT2D eigenvalue weighted by atomic mass is 10.1. The maximum atomic E-state index is 13.5. The molecule has 1 aromatic carbocycles. The van der Waals surface area contributed by atoms with Crippen molar-refractivity contribution in [3.8, 4) is 11.1 Å². The monoisotopic (exact) mass is 391 g/mol. The van der Waals surface area contributed by atoms with Crippen LogP contribution in [0.5, 0.6) is 0 Å². The largest absolute Gasteiger partial charge is 0.360 e. The highest BCUT2D eigenvalue weighted by molar-refractivity contribution is 5.99. The highest BCUT2D eigenvalue weighted by Crippen LogP contribution is 2.29. The smallest absolute Gasteiger partial charge is 0.254 e.